The number of carbonyl (C=O) groups is 1. The molecule has 0 heterocycles. The van der Waals surface area contributed by atoms with Gasteiger partial charge >= 0.3 is 0 Å². The Labute approximate surface area is 114 Å². The van der Waals surface area contributed by atoms with E-state index in [0.717, 1.165) is 23.7 Å². The van der Waals surface area contributed by atoms with Crippen molar-refractivity contribution in [1.29, 1.82) is 0 Å². The second-order valence-electron chi connectivity index (χ2n) is 4.30. The van der Waals surface area contributed by atoms with Crippen LogP contribution < -0.4 is 11.1 Å². The maximum absolute atomic E-state index is 12.1. The van der Waals surface area contributed by atoms with Crippen molar-refractivity contribution < 1.29 is 4.79 Å². The summed E-state index contributed by atoms with van der Waals surface area (Å²) in [7, 11) is 0. The molecule has 92 valence electrons. The Hall–Kier alpha value is -0.580. The molecule has 3 N–H and O–H groups in total. The third kappa shape index (κ3) is 3.00. The van der Waals surface area contributed by atoms with Crippen LogP contribution in [0.2, 0.25) is 5.02 Å². The molecule has 1 aromatic carbocycles. The van der Waals surface area contributed by atoms with Crippen LogP contribution in [0.15, 0.2) is 22.7 Å². The summed E-state index contributed by atoms with van der Waals surface area (Å²) in [5, 5.41) is 3.51. The number of halogens is 2. The van der Waals surface area contributed by atoms with Crippen molar-refractivity contribution in [3.05, 3.63) is 33.3 Å². The van der Waals surface area contributed by atoms with Crippen molar-refractivity contribution in [1.82, 2.24) is 5.32 Å². The van der Waals surface area contributed by atoms with Gasteiger partial charge in [-0.15, -0.1) is 0 Å². The van der Waals surface area contributed by atoms with Gasteiger partial charge in [-0.05, 0) is 53.4 Å². The maximum Gasteiger partial charge on any atom is 0.252 e. The summed E-state index contributed by atoms with van der Waals surface area (Å²) in [5.41, 5.74) is 6.47. The molecule has 17 heavy (non-hydrogen) atoms. The minimum atomic E-state index is -0.123. The van der Waals surface area contributed by atoms with Crippen molar-refractivity contribution in [2.45, 2.75) is 31.3 Å². The van der Waals surface area contributed by atoms with Crippen LogP contribution in [-0.2, 0) is 0 Å². The van der Waals surface area contributed by atoms with Crippen molar-refractivity contribution >= 4 is 33.4 Å². The monoisotopic (exact) mass is 316 g/mol. The van der Waals surface area contributed by atoms with Gasteiger partial charge in [-0.2, -0.15) is 0 Å². The zero-order chi connectivity index (χ0) is 12.4. The number of nitrogens with two attached hydrogens (primary N) is 1. The van der Waals surface area contributed by atoms with Crippen molar-refractivity contribution in [2.24, 2.45) is 5.73 Å². The Morgan fingerprint density at radius 2 is 2.24 bits per heavy atom. The van der Waals surface area contributed by atoms with Gasteiger partial charge in [0.05, 0.1) is 5.56 Å². The van der Waals surface area contributed by atoms with E-state index in [1.165, 1.54) is 0 Å². The molecule has 1 aromatic rings. The van der Waals surface area contributed by atoms with Crippen molar-refractivity contribution in [3.8, 4) is 0 Å². The molecule has 1 fully saturated rings. The second kappa shape index (κ2) is 5.38. The van der Waals surface area contributed by atoms with Gasteiger partial charge < -0.3 is 11.1 Å². The summed E-state index contributed by atoms with van der Waals surface area (Å²) in [4.78, 5) is 12.1. The molecule has 0 bridgehead atoms. The summed E-state index contributed by atoms with van der Waals surface area (Å²) in [6.45, 7) is 0. The average Bonchev–Trinajstić information content (AvgIpc) is 2.68. The largest absolute Gasteiger partial charge is 0.348 e. The van der Waals surface area contributed by atoms with E-state index in [2.05, 4.69) is 21.2 Å². The highest BCUT2D eigenvalue weighted by Gasteiger charge is 2.26. The Bertz CT molecular complexity index is 439. The molecule has 0 aromatic heterocycles. The summed E-state index contributed by atoms with van der Waals surface area (Å²) in [6.07, 6.45) is 3.00. The van der Waals surface area contributed by atoms with Gasteiger partial charge in [0.25, 0.3) is 5.91 Å². The number of carbonyl (C=O) groups excluding carboxylic acids is 1. The number of nitrogens with one attached hydrogen (secondary N) is 1. The highest BCUT2D eigenvalue weighted by molar-refractivity contribution is 9.10. The SMILES string of the molecule is NC1CCCC1NC(=O)c1cc(Cl)ccc1Br. The van der Waals surface area contributed by atoms with E-state index < -0.39 is 0 Å². The molecule has 2 atom stereocenters. The Morgan fingerprint density at radius 1 is 1.47 bits per heavy atom. The Morgan fingerprint density at radius 3 is 2.88 bits per heavy atom. The van der Waals surface area contributed by atoms with Gasteiger partial charge in [-0.3, -0.25) is 4.79 Å². The fraction of sp³-hybridized carbons (Fsp3) is 0.417. The number of hydrogen-bond acceptors (Lipinski definition) is 2. The summed E-state index contributed by atoms with van der Waals surface area (Å²) in [6, 6.07) is 5.31. The first-order valence-electron chi connectivity index (χ1n) is 5.59. The van der Waals surface area contributed by atoms with Gasteiger partial charge in [0.1, 0.15) is 0 Å². The smallest absolute Gasteiger partial charge is 0.252 e. The number of hydrogen-bond donors (Lipinski definition) is 2. The van der Waals surface area contributed by atoms with Crippen molar-refractivity contribution in [2.75, 3.05) is 0 Å². The summed E-state index contributed by atoms with van der Waals surface area (Å²) < 4.78 is 0.742. The second-order valence-corrected chi connectivity index (χ2v) is 5.59. The molecule has 0 saturated heterocycles. The summed E-state index contributed by atoms with van der Waals surface area (Å²) >= 11 is 9.23. The predicted octanol–water partition coefficient (Wildman–Crippen LogP) is 2.71. The van der Waals surface area contributed by atoms with Gasteiger partial charge in [0.2, 0.25) is 0 Å². The highest BCUT2D eigenvalue weighted by atomic mass is 79.9. The van der Waals surface area contributed by atoms with E-state index in [-0.39, 0.29) is 18.0 Å². The zero-order valence-corrected chi connectivity index (χ0v) is 11.6. The molecule has 0 spiro atoms. The van der Waals surface area contributed by atoms with Crippen molar-refractivity contribution in [3.63, 3.8) is 0 Å². The lowest BCUT2D eigenvalue weighted by atomic mass is 10.1. The molecular formula is C12H14BrClN2O. The topological polar surface area (TPSA) is 55.1 Å². The molecule has 1 amide bonds. The van der Waals surface area contributed by atoms with Crippen LogP contribution in [0.3, 0.4) is 0 Å². The van der Waals surface area contributed by atoms with Gasteiger partial charge in [0.15, 0.2) is 0 Å². The van der Waals surface area contributed by atoms with Crippen LogP contribution in [-0.4, -0.2) is 18.0 Å². The van der Waals surface area contributed by atoms with E-state index in [1.54, 1.807) is 18.2 Å². The van der Waals surface area contributed by atoms with E-state index in [1.807, 2.05) is 0 Å². The fourth-order valence-electron chi connectivity index (χ4n) is 2.09. The standard InChI is InChI=1S/C12H14BrClN2O/c13-9-5-4-7(14)6-8(9)12(17)16-11-3-1-2-10(11)15/h4-6,10-11H,1-3,15H2,(H,16,17). The fourth-order valence-corrected chi connectivity index (χ4v) is 2.68. The maximum atomic E-state index is 12.1. The van der Waals surface area contributed by atoms with Crippen LogP contribution in [0.5, 0.6) is 0 Å². The normalized spacial score (nSPS) is 23.7. The molecule has 3 nitrogen and oxygen atoms in total. The van der Waals surface area contributed by atoms with Gasteiger partial charge in [0, 0.05) is 21.6 Å². The molecule has 0 aliphatic heterocycles. The average molecular weight is 318 g/mol. The van der Waals surface area contributed by atoms with E-state index in [9.17, 15) is 4.79 Å². The van der Waals surface area contributed by atoms with Crippen LogP contribution >= 0.6 is 27.5 Å². The molecular weight excluding hydrogens is 304 g/mol. The number of benzene rings is 1. The minimum Gasteiger partial charge on any atom is -0.348 e. The third-order valence-electron chi connectivity index (χ3n) is 3.06. The first-order valence-corrected chi connectivity index (χ1v) is 6.76. The molecule has 5 heteroatoms. The third-order valence-corrected chi connectivity index (χ3v) is 3.99. The Balaban J connectivity index is 2.11. The van der Waals surface area contributed by atoms with E-state index in [4.69, 9.17) is 17.3 Å². The van der Waals surface area contributed by atoms with Crippen LogP contribution in [0.1, 0.15) is 29.6 Å². The molecule has 1 saturated carbocycles. The predicted molar refractivity (Wildman–Crippen MR) is 72.2 cm³/mol. The summed E-state index contributed by atoms with van der Waals surface area (Å²) in [5.74, 6) is -0.123. The quantitative estimate of drug-likeness (QED) is 0.881. The van der Waals surface area contributed by atoms with Gasteiger partial charge in [-0.1, -0.05) is 11.6 Å². The Kier molecular flexibility index (Phi) is 4.07. The lowest BCUT2D eigenvalue weighted by Gasteiger charge is -2.17. The number of amides is 1. The first-order chi connectivity index (χ1) is 8.08. The van der Waals surface area contributed by atoms with Crippen LogP contribution in [0.4, 0.5) is 0 Å². The molecule has 2 unspecified atom stereocenters. The molecule has 1 aliphatic rings. The zero-order valence-electron chi connectivity index (χ0n) is 9.25. The van der Waals surface area contributed by atoms with Crippen LogP contribution in [0.25, 0.3) is 0 Å². The molecule has 0 radical (unpaired) electrons. The minimum absolute atomic E-state index is 0.0666. The van der Waals surface area contributed by atoms with Gasteiger partial charge in [-0.25, -0.2) is 0 Å². The number of rotatable bonds is 2. The molecule has 1 aliphatic carbocycles. The van der Waals surface area contributed by atoms with Crippen LogP contribution in [0, 0.1) is 0 Å². The lowest BCUT2D eigenvalue weighted by molar-refractivity contribution is 0.0934. The van der Waals surface area contributed by atoms with E-state index in [0.29, 0.717) is 10.6 Å². The highest BCUT2D eigenvalue weighted by Crippen LogP contribution is 2.22. The lowest BCUT2D eigenvalue weighted by Crippen LogP contribution is -2.44. The van der Waals surface area contributed by atoms with E-state index >= 15 is 0 Å². The molecule has 2 rings (SSSR count). The first kappa shape index (κ1) is 12.9.